The van der Waals surface area contributed by atoms with Crippen LogP contribution >= 0.6 is 11.8 Å². The Kier molecular flexibility index (Phi) is 6.55. The van der Waals surface area contributed by atoms with Crippen molar-refractivity contribution in [3.63, 3.8) is 0 Å². The van der Waals surface area contributed by atoms with Crippen LogP contribution < -0.4 is 5.84 Å². The quantitative estimate of drug-likeness (QED) is 0.289. The number of nitrogens with two attached hydrogens (primary N) is 1. The van der Waals surface area contributed by atoms with Gasteiger partial charge in [0, 0.05) is 34.8 Å². The van der Waals surface area contributed by atoms with Gasteiger partial charge in [0.15, 0.2) is 0 Å². The number of thioether (sulfide) groups is 1. The Morgan fingerprint density at radius 2 is 2.24 bits per heavy atom. The molecule has 0 bridgehead atoms. The van der Waals surface area contributed by atoms with Crippen molar-refractivity contribution in [1.82, 2.24) is 0 Å². The molecule has 1 saturated carbocycles. The molecule has 1 aliphatic heterocycles. The summed E-state index contributed by atoms with van der Waals surface area (Å²) in [6.07, 6.45) is 9.99. The Labute approximate surface area is 154 Å². The molecule has 0 spiro atoms. The number of hydrogen-bond donors (Lipinski definition) is 1. The van der Waals surface area contributed by atoms with Crippen LogP contribution in [0.5, 0.6) is 0 Å². The van der Waals surface area contributed by atoms with Gasteiger partial charge in [-0.15, -0.1) is 11.8 Å². The summed E-state index contributed by atoms with van der Waals surface area (Å²) in [4.78, 5) is 5.63. The molecule has 0 radical (unpaired) electrons. The molecule has 2 fully saturated rings. The maximum Gasteiger partial charge on any atom is 0.109 e. The number of ether oxygens (including phenoxy) is 1. The Morgan fingerprint density at radius 1 is 1.36 bits per heavy atom. The SMILES string of the molecule is CSc1cc(C#CC2CC2)ccc1/C(C=NCC1CCCCO1)=N/N. The van der Waals surface area contributed by atoms with E-state index in [1.54, 1.807) is 18.0 Å². The zero-order valence-corrected chi connectivity index (χ0v) is 15.5. The van der Waals surface area contributed by atoms with Gasteiger partial charge in [0.2, 0.25) is 0 Å². The molecule has 0 amide bonds. The lowest BCUT2D eigenvalue weighted by Crippen LogP contribution is -2.22. The second kappa shape index (κ2) is 9.07. The van der Waals surface area contributed by atoms with Crippen LogP contribution in [0.25, 0.3) is 0 Å². The first-order valence-electron chi connectivity index (χ1n) is 8.89. The van der Waals surface area contributed by atoms with Gasteiger partial charge in [-0.3, -0.25) is 4.99 Å². The minimum absolute atomic E-state index is 0.226. The van der Waals surface area contributed by atoms with E-state index in [1.807, 2.05) is 12.1 Å². The molecule has 2 aliphatic rings. The molecule has 1 unspecified atom stereocenters. The smallest absolute Gasteiger partial charge is 0.109 e. The molecule has 2 N–H and O–H groups in total. The maximum absolute atomic E-state index is 5.71. The summed E-state index contributed by atoms with van der Waals surface area (Å²) in [5, 5.41) is 3.94. The first kappa shape index (κ1) is 18.0. The summed E-state index contributed by atoms with van der Waals surface area (Å²) in [7, 11) is 0. The molecule has 1 saturated heterocycles. The lowest BCUT2D eigenvalue weighted by molar-refractivity contribution is 0.0226. The Hall–Kier alpha value is -1.77. The number of rotatable bonds is 5. The van der Waals surface area contributed by atoms with E-state index in [0.717, 1.165) is 35.5 Å². The zero-order chi connectivity index (χ0) is 17.5. The predicted molar refractivity (Wildman–Crippen MR) is 105 cm³/mol. The molecule has 1 aliphatic carbocycles. The fraction of sp³-hybridized carbons (Fsp3) is 0.500. The third-order valence-electron chi connectivity index (χ3n) is 4.41. The van der Waals surface area contributed by atoms with Crippen LogP contribution in [0, 0.1) is 17.8 Å². The van der Waals surface area contributed by atoms with E-state index in [2.05, 4.69) is 34.3 Å². The van der Waals surface area contributed by atoms with Crippen molar-refractivity contribution in [3.05, 3.63) is 29.3 Å². The van der Waals surface area contributed by atoms with E-state index in [0.29, 0.717) is 18.2 Å². The Morgan fingerprint density at radius 3 is 2.92 bits per heavy atom. The number of hydrogen-bond acceptors (Lipinski definition) is 5. The van der Waals surface area contributed by atoms with Gasteiger partial charge in [-0.25, -0.2) is 0 Å². The highest BCUT2D eigenvalue weighted by molar-refractivity contribution is 7.98. The van der Waals surface area contributed by atoms with Gasteiger partial charge >= 0.3 is 0 Å². The van der Waals surface area contributed by atoms with Crippen molar-refractivity contribution in [1.29, 1.82) is 0 Å². The molecule has 1 aromatic rings. The standard InChI is InChI=1S/C20H25N3OS/c1-25-20-12-16(8-7-15-5-6-15)9-10-18(20)19(23-21)14-22-13-17-4-2-3-11-24-17/h9-10,12,14-15,17H,2-6,11,13,21H2,1H3/b22-14?,23-19+. The molecule has 25 heavy (non-hydrogen) atoms. The summed E-state index contributed by atoms with van der Waals surface area (Å²) in [5.74, 6) is 12.8. The number of aliphatic imine (C=N–C) groups is 1. The monoisotopic (exact) mass is 355 g/mol. The van der Waals surface area contributed by atoms with Crippen LogP contribution in [-0.2, 0) is 4.74 Å². The normalized spacial score (nSPS) is 21.2. The maximum atomic E-state index is 5.71. The zero-order valence-electron chi connectivity index (χ0n) is 14.7. The number of hydrazone groups is 1. The van der Waals surface area contributed by atoms with Crippen molar-refractivity contribution < 1.29 is 4.74 Å². The van der Waals surface area contributed by atoms with Crippen LogP contribution in [0.4, 0.5) is 0 Å². The number of nitrogens with zero attached hydrogens (tertiary/aromatic N) is 2. The Balaban J connectivity index is 1.70. The first-order valence-corrected chi connectivity index (χ1v) is 10.1. The van der Waals surface area contributed by atoms with Crippen molar-refractivity contribution in [2.24, 2.45) is 21.9 Å². The highest BCUT2D eigenvalue weighted by Crippen LogP contribution is 2.28. The third kappa shape index (κ3) is 5.35. The second-order valence-electron chi connectivity index (χ2n) is 6.46. The summed E-state index contributed by atoms with van der Waals surface area (Å²) >= 11 is 1.67. The van der Waals surface area contributed by atoms with E-state index in [4.69, 9.17) is 10.6 Å². The topological polar surface area (TPSA) is 60.0 Å². The lowest BCUT2D eigenvalue weighted by atomic mass is 10.1. The van der Waals surface area contributed by atoms with Gasteiger partial charge in [0.05, 0.1) is 12.6 Å². The first-order chi connectivity index (χ1) is 12.3. The van der Waals surface area contributed by atoms with Gasteiger partial charge in [0.1, 0.15) is 5.71 Å². The predicted octanol–water partition coefficient (Wildman–Crippen LogP) is 3.47. The van der Waals surface area contributed by atoms with E-state index >= 15 is 0 Å². The molecule has 1 atom stereocenters. The van der Waals surface area contributed by atoms with Gasteiger partial charge in [0.25, 0.3) is 0 Å². The molecule has 4 nitrogen and oxygen atoms in total. The average molecular weight is 356 g/mol. The van der Waals surface area contributed by atoms with Gasteiger partial charge < -0.3 is 10.6 Å². The van der Waals surface area contributed by atoms with Crippen LogP contribution in [0.1, 0.15) is 43.2 Å². The largest absolute Gasteiger partial charge is 0.376 e. The van der Waals surface area contributed by atoms with Gasteiger partial charge in [-0.05, 0) is 50.5 Å². The molecular weight excluding hydrogens is 330 g/mol. The molecule has 1 aromatic carbocycles. The third-order valence-corrected chi connectivity index (χ3v) is 5.19. The van der Waals surface area contributed by atoms with E-state index in [-0.39, 0.29) is 6.10 Å². The van der Waals surface area contributed by atoms with Gasteiger partial charge in [-0.2, -0.15) is 5.10 Å². The minimum atomic E-state index is 0.226. The van der Waals surface area contributed by atoms with Crippen LogP contribution in [0.15, 0.2) is 33.2 Å². The summed E-state index contributed by atoms with van der Waals surface area (Å²) in [6, 6.07) is 6.18. The molecule has 0 aromatic heterocycles. The van der Waals surface area contributed by atoms with Crippen molar-refractivity contribution in [3.8, 4) is 11.8 Å². The average Bonchev–Trinajstić information content (AvgIpc) is 3.49. The highest BCUT2D eigenvalue weighted by atomic mass is 32.2. The van der Waals surface area contributed by atoms with Crippen molar-refractivity contribution in [2.45, 2.75) is 43.1 Å². The second-order valence-corrected chi connectivity index (χ2v) is 7.30. The minimum Gasteiger partial charge on any atom is -0.376 e. The molecule has 1 heterocycles. The van der Waals surface area contributed by atoms with Gasteiger partial charge in [-0.1, -0.05) is 17.9 Å². The van der Waals surface area contributed by atoms with E-state index in [1.165, 1.54) is 19.3 Å². The molecule has 5 heteroatoms. The fourth-order valence-electron chi connectivity index (χ4n) is 2.77. The summed E-state index contributed by atoms with van der Waals surface area (Å²) in [5.41, 5.74) is 2.74. The highest BCUT2D eigenvalue weighted by Gasteiger charge is 2.18. The van der Waals surface area contributed by atoms with Crippen LogP contribution in [0.3, 0.4) is 0 Å². The molecule has 3 rings (SSSR count). The summed E-state index contributed by atoms with van der Waals surface area (Å²) < 4.78 is 5.71. The van der Waals surface area contributed by atoms with E-state index in [9.17, 15) is 0 Å². The van der Waals surface area contributed by atoms with E-state index < -0.39 is 0 Å². The van der Waals surface area contributed by atoms with Crippen LogP contribution in [-0.4, -0.2) is 37.4 Å². The number of benzene rings is 1. The van der Waals surface area contributed by atoms with Crippen LogP contribution in [0.2, 0.25) is 0 Å². The molecular formula is C20H25N3OS. The Bertz CT molecular complexity index is 707. The van der Waals surface area contributed by atoms with Crippen molar-refractivity contribution >= 4 is 23.7 Å². The lowest BCUT2D eigenvalue weighted by Gasteiger charge is -2.20. The molecule has 132 valence electrons. The summed E-state index contributed by atoms with van der Waals surface area (Å²) in [6.45, 7) is 1.51. The van der Waals surface area contributed by atoms with Crippen molar-refractivity contribution in [2.75, 3.05) is 19.4 Å². The fourth-order valence-corrected chi connectivity index (χ4v) is 3.41.